The lowest BCUT2D eigenvalue weighted by Crippen LogP contribution is -2.48. The normalized spacial score (nSPS) is 14.4. The van der Waals surface area contributed by atoms with Gasteiger partial charge in [0.2, 0.25) is 10.0 Å². The molecule has 0 aromatic heterocycles. The van der Waals surface area contributed by atoms with Crippen molar-refractivity contribution in [3.63, 3.8) is 0 Å². The molecular formula is C23H23N3O6S. The number of fused-ring (bicyclic) bond motifs is 1. The number of benzene rings is 2. The lowest BCUT2D eigenvalue weighted by Gasteiger charge is -2.26. The number of rotatable bonds is 9. The lowest BCUT2D eigenvalue weighted by atomic mass is 9.85. The van der Waals surface area contributed by atoms with Gasteiger partial charge in [-0.05, 0) is 42.3 Å². The van der Waals surface area contributed by atoms with Crippen LogP contribution >= 0.6 is 0 Å². The summed E-state index contributed by atoms with van der Waals surface area (Å²) in [5, 5.41) is 12.3. The molecule has 0 saturated heterocycles. The first-order valence-electron chi connectivity index (χ1n) is 9.90. The minimum absolute atomic E-state index is 0.223. The number of carbonyl (C=O) groups excluding carboxylic acids is 1. The molecule has 3 rings (SSSR count). The fraction of sp³-hybridized carbons (Fsp3) is 0.217. The van der Waals surface area contributed by atoms with E-state index >= 15 is 0 Å². The molecule has 2 aromatic rings. The van der Waals surface area contributed by atoms with E-state index in [2.05, 4.69) is 22.9 Å². The molecule has 172 valence electrons. The predicted octanol–water partition coefficient (Wildman–Crippen LogP) is 1.97. The van der Waals surface area contributed by atoms with Gasteiger partial charge in [-0.25, -0.2) is 8.42 Å². The Bertz CT molecular complexity index is 1360. The molecule has 1 N–H and O–H groups in total. The smallest absolute Gasteiger partial charge is 0.324 e. The molecule has 1 aliphatic heterocycles. The Balaban J connectivity index is 2.10. The zero-order chi connectivity index (χ0) is 24.3. The molecular weight excluding hydrogens is 446 g/mol. The SMILES string of the molecule is C=C(C)CC(C1=c2c(cccc2=C)N=C1)C(NS(=O)(=O)c1ccc([N+](=O)[O-])cc1)C(=O)OC. The third-order valence-electron chi connectivity index (χ3n) is 5.23. The molecule has 10 heteroatoms. The van der Waals surface area contributed by atoms with Gasteiger partial charge in [0.25, 0.3) is 5.69 Å². The first kappa shape index (κ1) is 24.0. The van der Waals surface area contributed by atoms with Crippen molar-refractivity contribution in [2.45, 2.75) is 24.3 Å². The third kappa shape index (κ3) is 5.07. The Morgan fingerprint density at radius 3 is 2.48 bits per heavy atom. The van der Waals surface area contributed by atoms with E-state index in [4.69, 9.17) is 4.74 Å². The number of hydrogen-bond acceptors (Lipinski definition) is 7. The summed E-state index contributed by atoms with van der Waals surface area (Å²) in [7, 11) is -3.06. The second-order valence-electron chi connectivity index (χ2n) is 7.67. The number of nitro groups is 1. The van der Waals surface area contributed by atoms with Gasteiger partial charge in [0, 0.05) is 29.5 Å². The number of methoxy groups -OCH3 is 1. The van der Waals surface area contributed by atoms with Crippen LogP contribution in [0.15, 0.2) is 64.5 Å². The highest BCUT2D eigenvalue weighted by atomic mass is 32.2. The van der Waals surface area contributed by atoms with E-state index in [0.29, 0.717) is 16.5 Å². The largest absolute Gasteiger partial charge is 0.468 e. The second-order valence-corrected chi connectivity index (χ2v) is 9.38. The summed E-state index contributed by atoms with van der Waals surface area (Å²) >= 11 is 0. The highest BCUT2D eigenvalue weighted by Crippen LogP contribution is 2.28. The van der Waals surface area contributed by atoms with Gasteiger partial charge in [0.05, 0.1) is 22.6 Å². The minimum atomic E-state index is -4.23. The van der Waals surface area contributed by atoms with Gasteiger partial charge < -0.3 is 4.74 Å². The van der Waals surface area contributed by atoms with E-state index in [1.54, 1.807) is 25.3 Å². The van der Waals surface area contributed by atoms with Crippen LogP contribution in [-0.4, -0.2) is 38.7 Å². The summed E-state index contributed by atoms with van der Waals surface area (Å²) in [5.41, 5.74) is 1.78. The van der Waals surface area contributed by atoms with E-state index in [-0.39, 0.29) is 17.0 Å². The maximum absolute atomic E-state index is 13.1. The first-order chi connectivity index (χ1) is 15.5. The number of nitrogens with zero attached hydrogens (tertiary/aromatic N) is 2. The minimum Gasteiger partial charge on any atom is -0.468 e. The zero-order valence-electron chi connectivity index (χ0n) is 18.1. The van der Waals surface area contributed by atoms with Crippen molar-refractivity contribution in [2.24, 2.45) is 10.9 Å². The molecule has 2 aromatic carbocycles. The molecule has 9 nitrogen and oxygen atoms in total. The Morgan fingerprint density at radius 2 is 1.91 bits per heavy atom. The van der Waals surface area contributed by atoms with Gasteiger partial charge in [-0.1, -0.05) is 24.3 Å². The fourth-order valence-electron chi connectivity index (χ4n) is 3.70. The third-order valence-corrected chi connectivity index (χ3v) is 6.68. The van der Waals surface area contributed by atoms with Crippen molar-refractivity contribution in [1.29, 1.82) is 0 Å². The van der Waals surface area contributed by atoms with Crippen molar-refractivity contribution >= 4 is 45.7 Å². The van der Waals surface area contributed by atoms with E-state index in [9.17, 15) is 23.3 Å². The molecule has 33 heavy (non-hydrogen) atoms. The number of sulfonamides is 1. The number of hydrogen-bond donors (Lipinski definition) is 1. The van der Waals surface area contributed by atoms with Crippen molar-refractivity contribution in [2.75, 3.05) is 7.11 Å². The summed E-state index contributed by atoms with van der Waals surface area (Å²) in [5.74, 6) is -1.47. The number of aliphatic imine (C=N–C) groups is 1. The molecule has 0 spiro atoms. The molecule has 0 fully saturated rings. The van der Waals surface area contributed by atoms with Crippen LogP contribution in [0.25, 0.3) is 12.2 Å². The van der Waals surface area contributed by atoms with Crippen molar-refractivity contribution in [3.8, 4) is 0 Å². The lowest BCUT2D eigenvalue weighted by molar-refractivity contribution is -0.384. The maximum Gasteiger partial charge on any atom is 0.324 e. The Hall–Kier alpha value is -3.63. The van der Waals surface area contributed by atoms with Gasteiger partial charge in [-0.3, -0.25) is 19.9 Å². The molecule has 2 unspecified atom stereocenters. The van der Waals surface area contributed by atoms with Gasteiger partial charge in [-0.15, -0.1) is 6.58 Å². The number of carbonyl (C=O) groups is 1. The van der Waals surface area contributed by atoms with Gasteiger partial charge >= 0.3 is 5.97 Å². The fourth-order valence-corrected chi connectivity index (χ4v) is 4.92. The summed E-state index contributed by atoms with van der Waals surface area (Å²) in [6.45, 7) is 9.74. The quantitative estimate of drug-likeness (QED) is 0.259. The summed E-state index contributed by atoms with van der Waals surface area (Å²) < 4.78 is 33.5. The molecule has 0 radical (unpaired) electrons. The summed E-state index contributed by atoms with van der Waals surface area (Å²) in [6, 6.07) is 8.49. The second kappa shape index (κ2) is 9.47. The molecule has 1 aliphatic rings. The van der Waals surface area contributed by atoms with Crippen LogP contribution in [0.1, 0.15) is 13.3 Å². The zero-order valence-corrected chi connectivity index (χ0v) is 19.0. The highest BCUT2D eigenvalue weighted by molar-refractivity contribution is 7.89. The van der Waals surface area contributed by atoms with Gasteiger partial charge in [-0.2, -0.15) is 4.72 Å². The average Bonchev–Trinajstić information content (AvgIpc) is 3.21. The van der Waals surface area contributed by atoms with Gasteiger partial charge in [0.15, 0.2) is 0 Å². The van der Waals surface area contributed by atoms with Crippen LogP contribution in [0.3, 0.4) is 0 Å². The van der Waals surface area contributed by atoms with E-state index in [1.807, 2.05) is 6.07 Å². The number of non-ortho nitro benzene ring substituents is 1. The summed E-state index contributed by atoms with van der Waals surface area (Å²) in [4.78, 5) is 27.2. The van der Waals surface area contributed by atoms with E-state index in [1.165, 1.54) is 7.11 Å². The number of allylic oxidation sites excluding steroid dienone is 1. The van der Waals surface area contributed by atoms with E-state index < -0.39 is 32.9 Å². The monoisotopic (exact) mass is 469 g/mol. The number of ether oxygens (including phenoxy) is 1. The standard InChI is InChI=1S/C23H23N3O6S/c1-14(2)12-18(19-13-24-20-7-5-6-15(3)21(19)20)22(23(27)32-4)25-33(30,31)17-10-8-16(9-11-17)26(28)29/h5-11,13,18,22,25H,1,3,12H2,2,4H3. The Morgan fingerprint density at radius 1 is 1.24 bits per heavy atom. The number of nitro benzene ring substituents is 1. The molecule has 2 atom stereocenters. The van der Waals surface area contributed by atoms with Crippen molar-refractivity contribution in [3.05, 3.63) is 75.2 Å². The number of esters is 1. The molecule has 0 saturated carbocycles. The molecule has 0 amide bonds. The maximum atomic E-state index is 13.1. The van der Waals surface area contributed by atoms with Crippen molar-refractivity contribution in [1.82, 2.24) is 4.72 Å². The topological polar surface area (TPSA) is 128 Å². The van der Waals surface area contributed by atoms with Gasteiger partial charge in [0.1, 0.15) is 6.04 Å². The number of nitrogens with one attached hydrogen (secondary N) is 1. The predicted molar refractivity (Wildman–Crippen MR) is 125 cm³/mol. The average molecular weight is 470 g/mol. The van der Waals surface area contributed by atoms with Crippen LogP contribution in [0.4, 0.5) is 11.4 Å². The van der Waals surface area contributed by atoms with Crippen LogP contribution in [0.2, 0.25) is 0 Å². The van der Waals surface area contributed by atoms with Crippen LogP contribution < -0.4 is 15.2 Å². The van der Waals surface area contributed by atoms with Crippen LogP contribution in [0.5, 0.6) is 0 Å². The highest BCUT2D eigenvalue weighted by Gasteiger charge is 2.36. The van der Waals surface area contributed by atoms with Crippen LogP contribution in [0, 0.1) is 16.0 Å². The Kier molecular flexibility index (Phi) is 6.89. The first-order valence-corrected chi connectivity index (χ1v) is 11.4. The van der Waals surface area contributed by atoms with Crippen LogP contribution in [-0.2, 0) is 19.6 Å². The van der Waals surface area contributed by atoms with E-state index in [0.717, 1.165) is 35.1 Å². The molecule has 1 heterocycles. The summed E-state index contributed by atoms with van der Waals surface area (Å²) in [6.07, 6.45) is 1.88. The van der Waals surface area contributed by atoms with Crippen molar-refractivity contribution < 1.29 is 22.9 Å². The molecule has 0 bridgehead atoms. The Labute approximate surface area is 191 Å². The molecule has 0 aliphatic carbocycles.